The van der Waals surface area contributed by atoms with Gasteiger partial charge in [-0.2, -0.15) is 0 Å². The van der Waals surface area contributed by atoms with E-state index in [0.717, 1.165) is 11.3 Å². The van der Waals surface area contributed by atoms with Crippen molar-refractivity contribution in [3.05, 3.63) is 29.8 Å². The van der Waals surface area contributed by atoms with Crippen LogP contribution in [0.5, 0.6) is 5.75 Å². The van der Waals surface area contributed by atoms with Gasteiger partial charge in [0.25, 0.3) is 0 Å². The van der Waals surface area contributed by atoms with E-state index in [1.165, 1.54) is 0 Å². The van der Waals surface area contributed by atoms with Crippen molar-refractivity contribution >= 4 is 5.91 Å². The highest BCUT2D eigenvalue weighted by molar-refractivity contribution is 5.76. The Hall–Kier alpha value is -1.55. The molecule has 0 spiro atoms. The number of carbonyl (C=O) groups excluding carboxylic acids is 1. The molecule has 0 fully saturated rings. The van der Waals surface area contributed by atoms with Gasteiger partial charge in [0.1, 0.15) is 5.75 Å². The summed E-state index contributed by atoms with van der Waals surface area (Å²) in [5.74, 6) is 0.827. The molecule has 0 unspecified atom stereocenters. The lowest BCUT2D eigenvalue weighted by atomic mass is 9.92. The highest BCUT2D eigenvalue weighted by Gasteiger charge is 2.18. The number of ether oxygens (including phenoxy) is 2. The van der Waals surface area contributed by atoms with Crippen LogP contribution in [0.25, 0.3) is 0 Å². The Bertz CT molecular complexity index is 438. The third kappa shape index (κ3) is 5.61. The van der Waals surface area contributed by atoms with E-state index < -0.39 is 0 Å². The van der Waals surface area contributed by atoms with E-state index in [1.54, 1.807) is 14.2 Å². The standard InChI is InChI=1S/C16H25NO3/c1-16(2,3)10-15(18)17-11-14(20-5)12-7-6-8-13(9-12)19-4/h6-9,14H,10-11H2,1-5H3,(H,17,18)/t14-/m0/s1. The van der Waals surface area contributed by atoms with E-state index in [4.69, 9.17) is 9.47 Å². The number of benzene rings is 1. The zero-order chi connectivity index (χ0) is 15.2. The van der Waals surface area contributed by atoms with Crippen LogP contribution in [0, 0.1) is 5.41 Å². The monoisotopic (exact) mass is 279 g/mol. The van der Waals surface area contributed by atoms with Crippen molar-refractivity contribution in [1.29, 1.82) is 0 Å². The van der Waals surface area contributed by atoms with Gasteiger partial charge in [-0.1, -0.05) is 32.9 Å². The van der Waals surface area contributed by atoms with Gasteiger partial charge in [-0.3, -0.25) is 4.79 Å². The molecule has 4 nitrogen and oxygen atoms in total. The molecule has 1 N–H and O–H groups in total. The fourth-order valence-corrected chi connectivity index (χ4v) is 1.93. The molecule has 112 valence electrons. The molecule has 1 rings (SSSR count). The summed E-state index contributed by atoms with van der Waals surface area (Å²) in [6.07, 6.45) is 0.329. The van der Waals surface area contributed by atoms with Gasteiger partial charge in [-0.15, -0.1) is 0 Å². The van der Waals surface area contributed by atoms with Crippen LogP contribution >= 0.6 is 0 Å². The van der Waals surface area contributed by atoms with Gasteiger partial charge in [-0.25, -0.2) is 0 Å². The summed E-state index contributed by atoms with van der Waals surface area (Å²) in [6, 6.07) is 7.68. The molecule has 20 heavy (non-hydrogen) atoms. The minimum Gasteiger partial charge on any atom is -0.497 e. The highest BCUT2D eigenvalue weighted by Crippen LogP contribution is 2.22. The maximum atomic E-state index is 11.8. The molecule has 0 bridgehead atoms. The molecule has 0 aliphatic carbocycles. The summed E-state index contributed by atoms with van der Waals surface area (Å²) in [7, 11) is 3.27. The predicted octanol–water partition coefficient (Wildman–Crippen LogP) is 2.94. The lowest BCUT2D eigenvalue weighted by Crippen LogP contribution is -2.31. The van der Waals surface area contributed by atoms with E-state index in [1.807, 2.05) is 45.0 Å². The Morgan fingerprint density at radius 3 is 2.55 bits per heavy atom. The third-order valence-electron chi connectivity index (χ3n) is 2.93. The van der Waals surface area contributed by atoms with Crippen molar-refractivity contribution in [2.45, 2.75) is 33.3 Å². The van der Waals surface area contributed by atoms with Gasteiger partial charge in [0, 0.05) is 20.1 Å². The Balaban J connectivity index is 2.61. The summed E-state index contributed by atoms with van der Waals surface area (Å²) in [5, 5.41) is 2.92. The molecule has 0 aliphatic rings. The zero-order valence-corrected chi connectivity index (χ0v) is 13.0. The smallest absolute Gasteiger partial charge is 0.220 e. The fraction of sp³-hybridized carbons (Fsp3) is 0.562. The number of nitrogens with one attached hydrogen (secondary N) is 1. The molecule has 1 atom stereocenters. The lowest BCUT2D eigenvalue weighted by Gasteiger charge is -2.20. The van der Waals surface area contributed by atoms with Crippen LogP contribution < -0.4 is 10.1 Å². The van der Waals surface area contributed by atoms with Crippen LogP contribution in [0.2, 0.25) is 0 Å². The maximum Gasteiger partial charge on any atom is 0.220 e. The Kier molecular flexibility index (Phi) is 6.02. The number of carbonyl (C=O) groups is 1. The second-order valence-corrected chi connectivity index (χ2v) is 6.04. The SMILES string of the molecule is COc1cccc([C@H](CNC(=O)CC(C)(C)C)OC)c1. The van der Waals surface area contributed by atoms with Crippen molar-refractivity contribution in [1.82, 2.24) is 5.32 Å². The number of methoxy groups -OCH3 is 2. The van der Waals surface area contributed by atoms with E-state index in [2.05, 4.69) is 5.32 Å². The van der Waals surface area contributed by atoms with Gasteiger partial charge >= 0.3 is 0 Å². The Morgan fingerprint density at radius 2 is 2.00 bits per heavy atom. The fourth-order valence-electron chi connectivity index (χ4n) is 1.93. The molecule has 1 aromatic carbocycles. The van der Waals surface area contributed by atoms with Gasteiger partial charge in [0.2, 0.25) is 5.91 Å². The first-order valence-corrected chi connectivity index (χ1v) is 6.79. The molecule has 1 aromatic rings. The first-order chi connectivity index (χ1) is 9.35. The van der Waals surface area contributed by atoms with E-state index in [0.29, 0.717) is 13.0 Å². The summed E-state index contributed by atoms with van der Waals surface area (Å²) in [5.41, 5.74) is 0.978. The number of rotatable bonds is 6. The number of hydrogen-bond donors (Lipinski definition) is 1. The molecule has 1 amide bonds. The van der Waals surface area contributed by atoms with Crippen LogP contribution in [0.15, 0.2) is 24.3 Å². The summed E-state index contributed by atoms with van der Waals surface area (Å²) in [6.45, 7) is 6.59. The van der Waals surface area contributed by atoms with Gasteiger partial charge < -0.3 is 14.8 Å². The summed E-state index contributed by atoms with van der Waals surface area (Å²) < 4.78 is 10.6. The molecule has 0 heterocycles. The normalized spacial score (nSPS) is 12.8. The second kappa shape index (κ2) is 7.29. The van der Waals surface area contributed by atoms with Crippen LogP contribution in [-0.4, -0.2) is 26.7 Å². The van der Waals surface area contributed by atoms with Crippen LogP contribution in [0.4, 0.5) is 0 Å². The van der Waals surface area contributed by atoms with Gasteiger partial charge in [-0.05, 0) is 23.1 Å². The Labute approximate surface area is 121 Å². The molecule has 0 aliphatic heterocycles. The van der Waals surface area contributed by atoms with Crippen LogP contribution in [0.1, 0.15) is 38.9 Å². The molecule has 0 aromatic heterocycles. The summed E-state index contributed by atoms with van der Waals surface area (Å²) in [4.78, 5) is 11.8. The van der Waals surface area contributed by atoms with Crippen LogP contribution in [-0.2, 0) is 9.53 Å². The lowest BCUT2D eigenvalue weighted by molar-refractivity contribution is -0.123. The topological polar surface area (TPSA) is 47.6 Å². The second-order valence-electron chi connectivity index (χ2n) is 6.04. The number of amides is 1. The Morgan fingerprint density at radius 1 is 1.30 bits per heavy atom. The van der Waals surface area contributed by atoms with Crippen molar-refractivity contribution in [3.63, 3.8) is 0 Å². The zero-order valence-electron chi connectivity index (χ0n) is 13.0. The maximum absolute atomic E-state index is 11.8. The first kappa shape index (κ1) is 16.5. The molecule has 0 radical (unpaired) electrons. The minimum absolute atomic E-state index is 0.0113. The van der Waals surface area contributed by atoms with Crippen molar-refractivity contribution in [2.75, 3.05) is 20.8 Å². The molecule has 4 heteroatoms. The first-order valence-electron chi connectivity index (χ1n) is 6.79. The van der Waals surface area contributed by atoms with Crippen molar-refractivity contribution in [2.24, 2.45) is 5.41 Å². The summed E-state index contributed by atoms with van der Waals surface area (Å²) >= 11 is 0. The molecular weight excluding hydrogens is 254 g/mol. The number of hydrogen-bond acceptors (Lipinski definition) is 3. The van der Waals surface area contributed by atoms with Crippen molar-refractivity contribution in [3.8, 4) is 5.75 Å². The van der Waals surface area contributed by atoms with Crippen molar-refractivity contribution < 1.29 is 14.3 Å². The highest BCUT2D eigenvalue weighted by atomic mass is 16.5. The molecule has 0 saturated heterocycles. The minimum atomic E-state index is -0.172. The third-order valence-corrected chi connectivity index (χ3v) is 2.93. The quantitative estimate of drug-likeness (QED) is 0.871. The van der Waals surface area contributed by atoms with Gasteiger partial charge in [0.15, 0.2) is 0 Å². The van der Waals surface area contributed by atoms with E-state index in [9.17, 15) is 4.79 Å². The van der Waals surface area contributed by atoms with E-state index >= 15 is 0 Å². The predicted molar refractivity (Wildman–Crippen MR) is 79.8 cm³/mol. The largest absolute Gasteiger partial charge is 0.497 e. The molecule has 0 saturated carbocycles. The average molecular weight is 279 g/mol. The van der Waals surface area contributed by atoms with E-state index in [-0.39, 0.29) is 17.4 Å². The van der Waals surface area contributed by atoms with Crippen LogP contribution in [0.3, 0.4) is 0 Å². The molecular formula is C16H25NO3. The average Bonchev–Trinajstić information content (AvgIpc) is 2.37. The van der Waals surface area contributed by atoms with Gasteiger partial charge in [0.05, 0.1) is 13.2 Å².